The third kappa shape index (κ3) is 2.94. The minimum atomic E-state index is 0.161. The Morgan fingerprint density at radius 3 is 2.68 bits per heavy atom. The van der Waals surface area contributed by atoms with Crippen LogP contribution in [0.2, 0.25) is 0 Å². The highest BCUT2D eigenvalue weighted by Gasteiger charge is 2.13. The maximum absolute atomic E-state index is 9.33. The maximum atomic E-state index is 9.33. The lowest BCUT2D eigenvalue weighted by Crippen LogP contribution is -2.00. The molecular formula is C18H15N5O2. The molecule has 0 radical (unpaired) electrons. The number of aryl methyl sites for hydroxylation is 1. The van der Waals surface area contributed by atoms with Crippen molar-refractivity contribution in [2.45, 2.75) is 6.92 Å². The van der Waals surface area contributed by atoms with Crippen molar-refractivity contribution in [3.63, 3.8) is 0 Å². The molecular weight excluding hydrogens is 318 g/mol. The highest BCUT2D eigenvalue weighted by molar-refractivity contribution is 5.81. The summed E-state index contributed by atoms with van der Waals surface area (Å²) in [4.78, 5) is 16.3. The Labute approximate surface area is 143 Å². The van der Waals surface area contributed by atoms with Crippen LogP contribution in [0.5, 0.6) is 17.4 Å². The number of rotatable bonds is 3. The SMILES string of the molecule is Cc1ccc2nc(-c3nc(Oc4ccc(O)cc4)cnc3N)[nH]c2c1. The number of nitrogens with two attached hydrogens (primary N) is 1. The van der Waals surface area contributed by atoms with Crippen LogP contribution in [0.4, 0.5) is 5.82 Å². The van der Waals surface area contributed by atoms with Crippen molar-refractivity contribution in [2.75, 3.05) is 5.73 Å². The van der Waals surface area contributed by atoms with E-state index in [9.17, 15) is 5.11 Å². The number of hydrogen-bond acceptors (Lipinski definition) is 6. The standard InChI is InChI=1S/C18H15N5O2/c1-10-2-7-13-14(8-10)22-18(21-13)16-17(19)20-9-15(23-16)25-12-5-3-11(24)4-6-12/h2-9,24H,1H3,(H2,19,20)(H,21,22). The van der Waals surface area contributed by atoms with E-state index in [2.05, 4.69) is 19.9 Å². The average Bonchev–Trinajstić information content (AvgIpc) is 3.01. The topological polar surface area (TPSA) is 110 Å². The lowest BCUT2D eigenvalue weighted by Gasteiger charge is -2.07. The van der Waals surface area contributed by atoms with Crippen LogP contribution in [-0.2, 0) is 0 Å². The van der Waals surface area contributed by atoms with E-state index < -0.39 is 0 Å². The Morgan fingerprint density at radius 2 is 1.88 bits per heavy atom. The van der Waals surface area contributed by atoms with Crippen molar-refractivity contribution in [1.82, 2.24) is 19.9 Å². The first-order valence-electron chi connectivity index (χ1n) is 7.64. The van der Waals surface area contributed by atoms with Crippen LogP contribution in [0.3, 0.4) is 0 Å². The number of benzene rings is 2. The molecule has 7 nitrogen and oxygen atoms in total. The highest BCUT2D eigenvalue weighted by atomic mass is 16.5. The normalized spacial score (nSPS) is 10.9. The molecule has 4 N–H and O–H groups in total. The zero-order valence-electron chi connectivity index (χ0n) is 13.4. The smallest absolute Gasteiger partial charge is 0.238 e. The molecule has 0 aliphatic heterocycles. The number of fused-ring (bicyclic) bond motifs is 1. The minimum Gasteiger partial charge on any atom is -0.508 e. The fourth-order valence-electron chi connectivity index (χ4n) is 2.48. The number of hydrogen-bond donors (Lipinski definition) is 3. The molecule has 0 bridgehead atoms. The number of nitrogens with one attached hydrogen (secondary N) is 1. The van der Waals surface area contributed by atoms with Gasteiger partial charge in [0.2, 0.25) is 5.88 Å². The Bertz CT molecular complexity index is 1060. The van der Waals surface area contributed by atoms with Crippen LogP contribution in [0.1, 0.15) is 5.56 Å². The number of aromatic nitrogens is 4. The van der Waals surface area contributed by atoms with Crippen LogP contribution >= 0.6 is 0 Å². The molecule has 4 rings (SSSR count). The third-order valence-electron chi connectivity index (χ3n) is 3.70. The summed E-state index contributed by atoms with van der Waals surface area (Å²) in [6.07, 6.45) is 1.44. The van der Waals surface area contributed by atoms with E-state index in [0.29, 0.717) is 17.3 Å². The lowest BCUT2D eigenvalue weighted by atomic mass is 10.2. The monoisotopic (exact) mass is 333 g/mol. The van der Waals surface area contributed by atoms with Crippen LogP contribution in [0.25, 0.3) is 22.6 Å². The Hall–Kier alpha value is -3.61. The number of ether oxygens (including phenoxy) is 1. The quantitative estimate of drug-likeness (QED) is 0.530. The fraction of sp³-hybridized carbons (Fsp3) is 0.0556. The molecule has 4 aromatic rings. The van der Waals surface area contributed by atoms with Gasteiger partial charge in [0.25, 0.3) is 0 Å². The molecule has 0 saturated heterocycles. The number of anilines is 1. The zero-order valence-corrected chi connectivity index (χ0v) is 13.4. The molecule has 2 aromatic heterocycles. The molecule has 25 heavy (non-hydrogen) atoms. The number of H-pyrrole nitrogens is 1. The summed E-state index contributed by atoms with van der Waals surface area (Å²) >= 11 is 0. The van der Waals surface area contributed by atoms with E-state index in [1.165, 1.54) is 18.3 Å². The van der Waals surface area contributed by atoms with Crippen molar-refractivity contribution in [1.29, 1.82) is 0 Å². The highest BCUT2D eigenvalue weighted by Crippen LogP contribution is 2.27. The first kappa shape index (κ1) is 14.9. The Balaban J connectivity index is 1.72. The lowest BCUT2D eigenvalue weighted by molar-refractivity contribution is 0.453. The summed E-state index contributed by atoms with van der Waals surface area (Å²) in [5, 5.41) is 9.33. The summed E-state index contributed by atoms with van der Waals surface area (Å²) in [6.45, 7) is 2.01. The predicted molar refractivity (Wildman–Crippen MR) is 94.4 cm³/mol. The van der Waals surface area contributed by atoms with Gasteiger partial charge in [-0.25, -0.2) is 15.0 Å². The van der Waals surface area contributed by atoms with Gasteiger partial charge in [-0.1, -0.05) is 6.07 Å². The van der Waals surface area contributed by atoms with Crippen molar-refractivity contribution in [3.8, 4) is 28.9 Å². The summed E-state index contributed by atoms with van der Waals surface area (Å²) in [5.41, 5.74) is 9.25. The number of nitrogens with zero attached hydrogens (tertiary/aromatic N) is 3. The molecule has 0 amide bonds. The van der Waals surface area contributed by atoms with E-state index in [1.54, 1.807) is 12.1 Å². The van der Waals surface area contributed by atoms with Gasteiger partial charge in [-0.15, -0.1) is 0 Å². The van der Waals surface area contributed by atoms with Crippen molar-refractivity contribution in [3.05, 3.63) is 54.2 Å². The first-order valence-corrected chi connectivity index (χ1v) is 7.64. The van der Waals surface area contributed by atoms with Crippen LogP contribution in [0, 0.1) is 6.92 Å². The largest absolute Gasteiger partial charge is 0.508 e. The van der Waals surface area contributed by atoms with E-state index in [4.69, 9.17) is 10.5 Å². The Kier molecular flexibility index (Phi) is 3.46. The summed E-state index contributed by atoms with van der Waals surface area (Å²) in [7, 11) is 0. The second-order valence-corrected chi connectivity index (χ2v) is 5.64. The first-order chi connectivity index (χ1) is 12.1. The van der Waals surface area contributed by atoms with Gasteiger partial charge in [-0.3, -0.25) is 0 Å². The summed E-state index contributed by atoms with van der Waals surface area (Å²) in [5.74, 6) is 1.76. The molecule has 0 unspecified atom stereocenters. The van der Waals surface area contributed by atoms with Gasteiger partial charge in [0.1, 0.15) is 11.5 Å². The average molecular weight is 333 g/mol. The van der Waals surface area contributed by atoms with Gasteiger partial charge < -0.3 is 20.6 Å². The van der Waals surface area contributed by atoms with Gasteiger partial charge in [-0.05, 0) is 48.9 Å². The molecule has 2 aromatic carbocycles. The number of aromatic amines is 1. The van der Waals surface area contributed by atoms with Gasteiger partial charge in [-0.2, -0.15) is 0 Å². The fourth-order valence-corrected chi connectivity index (χ4v) is 2.48. The van der Waals surface area contributed by atoms with Gasteiger partial charge in [0.05, 0.1) is 17.2 Å². The number of phenolic OH excluding ortho intramolecular Hbond substituents is 1. The third-order valence-corrected chi connectivity index (χ3v) is 3.70. The van der Waals surface area contributed by atoms with Crippen molar-refractivity contribution >= 4 is 16.9 Å². The van der Waals surface area contributed by atoms with Gasteiger partial charge in [0.15, 0.2) is 17.3 Å². The van der Waals surface area contributed by atoms with Gasteiger partial charge in [0, 0.05) is 0 Å². The molecule has 7 heteroatoms. The maximum Gasteiger partial charge on any atom is 0.238 e. The summed E-state index contributed by atoms with van der Waals surface area (Å²) in [6, 6.07) is 12.3. The second kappa shape index (κ2) is 5.79. The number of nitrogen functional groups attached to an aromatic ring is 1. The van der Waals surface area contributed by atoms with Crippen molar-refractivity contribution < 1.29 is 9.84 Å². The molecule has 0 atom stereocenters. The molecule has 0 saturated carbocycles. The second-order valence-electron chi connectivity index (χ2n) is 5.64. The number of aromatic hydroxyl groups is 1. The van der Waals surface area contributed by atoms with E-state index >= 15 is 0 Å². The molecule has 0 fully saturated rings. The van der Waals surface area contributed by atoms with Crippen LogP contribution < -0.4 is 10.5 Å². The molecule has 0 aliphatic carbocycles. The van der Waals surface area contributed by atoms with E-state index in [0.717, 1.165) is 16.6 Å². The van der Waals surface area contributed by atoms with Crippen molar-refractivity contribution in [2.24, 2.45) is 0 Å². The van der Waals surface area contributed by atoms with E-state index in [1.807, 2.05) is 25.1 Å². The van der Waals surface area contributed by atoms with Crippen LogP contribution in [0.15, 0.2) is 48.7 Å². The Morgan fingerprint density at radius 1 is 1.08 bits per heavy atom. The van der Waals surface area contributed by atoms with Gasteiger partial charge >= 0.3 is 0 Å². The number of imidazole rings is 1. The molecule has 2 heterocycles. The number of phenols is 1. The van der Waals surface area contributed by atoms with Crippen LogP contribution in [-0.4, -0.2) is 25.0 Å². The molecule has 124 valence electrons. The minimum absolute atomic E-state index is 0.161. The molecule has 0 spiro atoms. The zero-order chi connectivity index (χ0) is 17.4. The summed E-state index contributed by atoms with van der Waals surface area (Å²) < 4.78 is 5.66. The predicted octanol–water partition coefficient (Wildman–Crippen LogP) is 3.41. The molecule has 0 aliphatic rings. The van der Waals surface area contributed by atoms with E-state index in [-0.39, 0.29) is 17.4 Å².